The Hall–Kier alpha value is -2.08. The lowest BCUT2D eigenvalue weighted by Gasteiger charge is -2.03. The first-order valence-corrected chi connectivity index (χ1v) is 5.16. The van der Waals surface area contributed by atoms with Crippen LogP contribution in [-0.4, -0.2) is 15.4 Å². The summed E-state index contributed by atoms with van der Waals surface area (Å²) < 4.78 is 8.73. The standard InChI is InChI=1S/C10H8N2O3S/c11-9-5-8(16-12-9)10(14)15-7-4-2-1-3-6(7)13/h1-5,13H,(H2,11,12). The maximum atomic E-state index is 11.6. The maximum absolute atomic E-state index is 11.6. The second-order valence-electron chi connectivity index (χ2n) is 2.97. The summed E-state index contributed by atoms with van der Waals surface area (Å²) in [5, 5.41) is 9.40. The zero-order valence-corrected chi connectivity index (χ0v) is 8.90. The van der Waals surface area contributed by atoms with E-state index in [1.54, 1.807) is 12.1 Å². The summed E-state index contributed by atoms with van der Waals surface area (Å²) in [6.45, 7) is 0. The van der Waals surface area contributed by atoms with Crippen LogP contribution in [-0.2, 0) is 0 Å². The van der Waals surface area contributed by atoms with Crippen molar-refractivity contribution in [1.82, 2.24) is 4.37 Å². The number of ether oxygens (including phenoxy) is 1. The first kappa shape index (κ1) is 10.4. The van der Waals surface area contributed by atoms with Crippen LogP contribution in [0.1, 0.15) is 9.67 Å². The second-order valence-corrected chi connectivity index (χ2v) is 3.78. The molecule has 0 saturated carbocycles. The number of hydrogen-bond acceptors (Lipinski definition) is 6. The molecule has 0 fully saturated rings. The number of aromatic nitrogens is 1. The SMILES string of the molecule is Nc1cc(C(=O)Oc2ccccc2O)sn1. The number of nitrogens with zero attached hydrogens (tertiary/aromatic N) is 1. The molecule has 0 aliphatic rings. The third-order valence-corrected chi connectivity index (χ3v) is 2.58. The molecule has 0 saturated heterocycles. The Labute approximate surface area is 95.3 Å². The van der Waals surface area contributed by atoms with Crippen molar-refractivity contribution >= 4 is 23.3 Å². The topological polar surface area (TPSA) is 85.4 Å². The Morgan fingerprint density at radius 2 is 2.19 bits per heavy atom. The summed E-state index contributed by atoms with van der Waals surface area (Å²) in [5.74, 6) is -0.294. The number of esters is 1. The molecule has 0 radical (unpaired) electrons. The molecule has 0 unspecified atom stereocenters. The Bertz CT molecular complexity index is 524. The van der Waals surface area contributed by atoms with Gasteiger partial charge in [-0.2, -0.15) is 4.37 Å². The number of benzene rings is 1. The number of carbonyl (C=O) groups excluding carboxylic acids is 1. The van der Waals surface area contributed by atoms with Gasteiger partial charge >= 0.3 is 5.97 Å². The van der Waals surface area contributed by atoms with E-state index < -0.39 is 5.97 Å². The lowest BCUT2D eigenvalue weighted by Crippen LogP contribution is -2.06. The van der Waals surface area contributed by atoms with Crippen molar-refractivity contribution in [1.29, 1.82) is 0 Å². The highest BCUT2D eigenvalue weighted by Gasteiger charge is 2.13. The molecule has 0 atom stereocenters. The number of para-hydroxylation sites is 2. The summed E-state index contributed by atoms with van der Waals surface area (Å²) in [5.41, 5.74) is 5.38. The van der Waals surface area contributed by atoms with Crippen LogP contribution in [0, 0.1) is 0 Å². The monoisotopic (exact) mass is 236 g/mol. The van der Waals surface area contributed by atoms with E-state index in [0.29, 0.717) is 4.88 Å². The number of rotatable bonds is 2. The van der Waals surface area contributed by atoms with Crippen LogP contribution in [0.5, 0.6) is 11.5 Å². The normalized spacial score (nSPS) is 10.0. The first-order chi connectivity index (χ1) is 7.66. The van der Waals surface area contributed by atoms with Crippen LogP contribution >= 0.6 is 11.5 Å². The number of aromatic hydroxyl groups is 1. The Kier molecular flexibility index (Phi) is 2.74. The highest BCUT2D eigenvalue weighted by Crippen LogP contribution is 2.26. The largest absolute Gasteiger partial charge is 0.504 e. The molecule has 2 rings (SSSR count). The maximum Gasteiger partial charge on any atom is 0.355 e. The molecular weight excluding hydrogens is 228 g/mol. The molecule has 16 heavy (non-hydrogen) atoms. The molecular formula is C10H8N2O3S. The van der Waals surface area contributed by atoms with E-state index in [4.69, 9.17) is 10.5 Å². The number of phenolic OH excluding ortho intramolecular Hbond substituents is 1. The lowest BCUT2D eigenvalue weighted by atomic mass is 10.3. The minimum absolute atomic E-state index is 0.0895. The summed E-state index contributed by atoms with van der Waals surface area (Å²) in [6, 6.07) is 7.65. The molecule has 1 aromatic heterocycles. The Morgan fingerprint density at radius 1 is 1.44 bits per heavy atom. The third-order valence-electron chi connectivity index (χ3n) is 1.80. The van der Waals surface area contributed by atoms with Crippen LogP contribution in [0.4, 0.5) is 5.82 Å². The van der Waals surface area contributed by atoms with Crippen LogP contribution in [0.2, 0.25) is 0 Å². The van der Waals surface area contributed by atoms with Gasteiger partial charge in [0.05, 0.1) is 0 Å². The molecule has 1 aromatic carbocycles. The first-order valence-electron chi connectivity index (χ1n) is 4.39. The van der Waals surface area contributed by atoms with Gasteiger partial charge in [-0.1, -0.05) is 12.1 Å². The zero-order valence-electron chi connectivity index (χ0n) is 8.08. The van der Waals surface area contributed by atoms with Crippen molar-refractivity contribution in [2.24, 2.45) is 0 Å². The minimum atomic E-state index is -0.587. The van der Waals surface area contributed by atoms with Gasteiger partial charge < -0.3 is 15.6 Å². The predicted octanol–water partition coefficient (Wildman–Crippen LogP) is 1.65. The van der Waals surface area contributed by atoms with E-state index in [0.717, 1.165) is 11.5 Å². The minimum Gasteiger partial charge on any atom is -0.504 e. The zero-order chi connectivity index (χ0) is 11.5. The average Bonchev–Trinajstić information content (AvgIpc) is 2.68. The average molecular weight is 236 g/mol. The molecule has 0 aliphatic heterocycles. The quantitative estimate of drug-likeness (QED) is 0.611. The number of nitrogen functional groups attached to an aromatic ring is 1. The van der Waals surface area contributed by atoms with Crippen molar-refractivity contribution < 1.29 is 14.6 Å². The van der Waals surface area contributed by atoms with Crippen molar-refractivity contribution in [3.63, 3.8) is 0 Å². The van der Waals surface area contributed by atoms with Gasteiger partial charge in [-0.15, -0.1) is 0 Å². The molecule has 0 amide bonds. The van der Waals surface area contributed by atoms with Crippen LogP contribution in [0.15, 0.2) is 30.3 Å². The molecule has 2 aromatic rings. The Balaban J connectivity index is 2.17. The Morgan fingerprint density at radius 3 is 2.81 bits per heavy atom. The van der Waals surface area contributed by atoms with Gasteiger partial charge in [0.25, 0.3) is 0 Å². The van der Waals surface area contributed by atoms with E-state index in [-0.39, 0.29) is 17.3 Å². The van der Waals surface area contributed by atoms with Gasteiger partial charge in [-0.3, -0.25) is 0 Å². The van der Waals surface area contributed by atoms with E-state index in [2.05, 4.69) is 4.37 Å². The second kappa shape index (κ2) is 4.19. The fraction of sp³-hybridized carbons (Fsp3) is 0. The lowest BCUT2D eigenvalue weighted by molar-refractivity contribution is 0.0735. The van der Waals surface area contributed by atoms with Gasteiger partial charge in [0.2, 0.25) is 0 Å². The van der Waals surface area contributed by atoms with Crippen LogP contribution in [0.3, 0.4) is 0 Å². The molecule has 1 heterocycles. The van der Waals surface area contributed by atoms with Crippen LogP contribution in [0.25, 0.3) is 0 Å². The third kappa shape index (κ3) is 2.12. The number of anilines is 1. The smallest absolute Gasteiger partial charge is 0.355 e. The summed E-state index contributed by atoms with van der Waals surface area (Å²) in [7, 11) is 0. The molecule has 0 bridgehead atoms. The number of carbonyl (C=O) groups is 1. The summed E-state index contributed by atoms with van der Waals surface area (Å²) in [4.78, 5) is 11.9. The highest BCUT2D eigenvalue weighted by molar-refractivity contribution is 7.08. The van der Waals surface area contributed by atoms with Gasteiger partial charge in [-0.05, 0) is 23.7 Å². The number of phenols is 1. The van der Waals surface area contributed by atoms with Crippen molar-refractivity contribution in [2.75, 3.05) is 5.73 Å². The van der Waals surface area contributed by atoms with E-state index in [9.17, 15) is 9.90 Å². The van der Waals surface area contributed by atoms with Gasteiger partial charge in [0, 0.05) is 6.07 Å². The molecule has 5 nitrogen and oxygen atoms in total. The van der Waals surface area contributed by atoms with Gasteiger partial charge in [-0.25, -0.2) is 4.79 Å². The molecule has 6 heteroatoms. The molecule has 82 valence electrons. The highest BCUT2D eigenvalue weighted by atomic mass is 32.1. The van der Waals surface area contributed by atoms with E-state index in [1.165, 1.54) is 18.2 Å². The molecule has 0 aliphatic carbocycles. The number of hydrogen-bond donors (Lipinski definition) is 2. The fourth-order valence-corrected chi connectivity index (χ4v) is 1.62. The number of nitrogens with two attached hydrogens (primary N) is 1. The van der Waals surface area contributed by atoms with Gasteiger partial charge in [0.1, 0.15) is 10.7 Å². The summed E-state index contributed by atoms with van der Waals surface area (Å²) >= 11 is 0.952. The van der Waals surface area contributed by atoms with Crippen molar-refractivity contribution in [3.8, 4) is 11.5 Å². The fourth-order valence-electron chi connectivity index (χ4n) is 1.08. The molecule has 0 spiro atoms. The van der Waals surface area contributed by atoms with E-state index in [1.807, 2.05) is 0 Å². The van der Waals surface area contributed by atoms with Crippen LogP contribution < -0.4 is 10.5 Å². The van der Waals surface area contributed by atoms with Crippen molar-refractivity contribution in [2.45, 2.75) is 0 Å². The van der Waals surface area contributed by atoms with E-state index >= 15 is 0 Å². The molecule has 3 N–H and O–H groups in total. The predicted molar refractivity (Wildman–Crippen MR) is 59.6 cm³/mol. The van der Waals surface area contributed by atoms with Gasteiger partial charge in [0.15, 0.2) is 11.5 Å². The summed E-state index contributed by atoms with van der Waals surface area (Å²) in [6.07, 6.45) is 0. The van der Waals surface area contributed by atoms with Crippen molar-refractivity contribution in [3.05, 3.63) is 35.2 Å².